The lowest BCUT2D eigenvalue weighted by Gasteiger charge is -2.12. The van der Waals surface area contributed by atoms with Crippen LogP contribution < -0.4 is 16.0 Å². The van der Waals surface area contributed by atoms with Gasteiger partial charge in [0.05, 0.1) is 11.7 Å². The number of hydrogen-bond acceptors (Lipinski definition) is 7. The third kappa shape index (κ3) is 3.27. The summed E-state index contributed by atoms with van der Waals surface area (Å²) in [5, 5.41) is 9.06. The van der Waals surface area contributed by atoms with E-state index in [1.54, 1.807) is 18.5 Å². The molecule has 3 aromatic rings. The minimum Gasteiger partial charge on any atom is -0.351 e. The largest absolute Gasteiger partial charge is 0.351 e. The first kappa shape index (κ1) is 17.2. The first-order valence-corrected chi connectivity index (χ1v) is 8.87. The summed E-state index contributed by atoms with van der Waals surface area (Å²) in [5.41, 5.74) is 1.37. The Morgan fingerprint density at radius 1 is 1.26 bits per heavy atom. The van der Waals surface area contributed by atoms with Crippen LogP contribution in [0, 0.1) is 6.92 Å². The van der Waals surface area contributed by atoms with Crippen LogP contribution in [-0.2, 0) is 4.79 Å². The Balaban J connectivity index is 1.54. The minimum atomic E-state index is -0.521. The number of nitrogens with zero attached hydrogens (tertiary/aromatic N) is 5. The number of hydrogen-bond donors (Lipinski definition) is 3. The summed E-state index contributed by atoms with van der Waals surface area (Å²) in [6.45, 7) is 8.53. The highest BCUT2D eigenvalue weighted by Gasteiger charge is 2.48. The third-order valence-electron chi connectivity index (χ3n) is 4.61. The summed E-state index contributed by atoms with van der Waals surface area (Å²) in [6.07, 6.45) is 3.41. The molecule has 4 heterocycles. The number of amides is 1. The van der Waals surface area contributed by atoms with E-state index in [9.17, 15) is 4.79 Å². The number of fused-ring (bicyclic) bond motifs is 1. The van der Waals surface area contributed by atoms with Crippen LogP contribution in [-0.4, -0.2) is 42.5 Å². The smallest absolute Gasteiger partial charge is 0.248 e. The van der Waals surface area contributed by atoms with E-state index in [4.69, 9.17) is 0 Å². The second kappa shape index (κ2) is 6.19. The van der Waals surface area contributed by atoms with Crippen molar-refractivity contribution in [3.05, 3.63) is 30.4 Å². The molecule has 3 aromatic heterocycles. The van der Waals surface area contributed by atoms with Crippen molar-refractivity contribution in [1.29, 1.82) is 0 Å². The van der Waals surface area contributed by atoms with Crippen molar-refractivity contribution >= 4 is 34.5 Å². The second-order valence-corrected chi connectivity index (χ2v) is 7.21. The zero-order valence-corrected chi connectivity index (χ0v) is 15.7. The molecule has 1 atom stereocenters. The van der Waals surface area contributed by atoms with E-state index in [2.05, 4.69) is 54.3 Å². The average Bonchev–Trinajstić information content (AvgIpc) is 3.07. The number of carbonyl (C=O) groups is 1. The molecule has 9 nitrogen and oxygen atoms in total. The maximum absolute atomic E-state index is 11.3. The Kier molecular flexibility index (Phi) is 3.94. The monoisotopic (exact) mass is 366 g/mol. The molecule has 4 rings (SSSR count). The number of imidazole rings is 1. The molecule has 0 radical (unpaired) electrons. The quantitative estimate of drug-likeness (QED) is 0.572. The highest BCUT2D eigenvalue weighted by atomic mass is 16.2. The second-order valence-electron chi connectivity index (χ2n) is 7.21. The Morgan fingerprint density at radius 2 is 2.04 bits per heavy atom. The SMILES string of the molecule is Cc1nc2cnc(Nc3ccnc(NCC4(C)NC4=O)n3)cc2n1C(C)C. The van der Waals surface area contributed by atoms with Gasteiger partial charge in [-0.25, -0.2) is 15.0 Å². The highest BCUT2D eigenvalue weighted by molar-refractivity contribution is 6.02. The average molecular weight is 366 g/mol. The fourth-order valence-corrected chi connectivity index (χ4v) is 3.08. The molecule has 1 saturated heterocycles. The summed E-state index contributed by atoms with van der Waals surface area (Å²) in [4.78, 5) is 28.9. The Morgan fingerprint density at radius 3 is 2.74 bits per heavy atom. The molecule has 0 saturated carbocycles. The fourth-order valence-electron chi connectivity index (χ4n) is 3.08. The summed E-state index contributed by atoms with van der Waals surface area (Å²) >= 11 is 0. The van der Waals surface area contributed by atoms with E-state index < -0.39 is 5.54 Å². The lowest BCUT2D eigenvalue weighted by atomic mass is 10.2. The number of carbonyl (C=O) groups excluding carboxylic acids is 1. The standard InChI is InChI=1S/C18H22N8O/c1-10(2)26-11(3)22-12-8-20-15(7-13(12)26)23-14-5-6-19-17(24-14)21-9-18(4)16(27)25-18/h5-8,10H,9H2,1-4H3,(H,25,27)(H2,19,20,21,23,24). The first-order valence-electron chi connectivity index (χ1n) is 8.87. The summed E-state index contributed by atoms with van der Waals surface area (Å²) in [7, 11) is 0. The van der Waals surface area contributed by atoms with Crippen LogP contribution in [0.2, 0.25) is 0 Å². The number of aromatic nitrogens is 5. The third-order valence-corrected chi connectivity index (χ3v) is 4.61. The van der Waals surface area contributed by atoms with E-state index in [-0.39, 0.29) is 5.91 Å². The van der Waals surface area contributed by atoms with Gasteiger partial charge in [0.25, 0.3) is 0 Å². The Bertz CT molecular complexity index is 1030. The van der Waals surface area contributed by atoms with E-state index >= 15 is 0 Å². The van der Waals surface area contributed by atoms with Crippen LogP contribution in [0.15, 0.2) is 24.5 Å². The van der Waals surface area contributed by atoms with E-state index in [1.807, 2.05) is 19.9 Å². The predicted molar refractivity (Wildman–Crippen MR) is 103 cm³/mol. The molecule has 1 aliphatic heterocycles. The van der Waals surface area contributed by atoms with Crippen LogP contribution in [0.3, 0.4) is 0 Å². The van der Waals surface area contributed by atoms with Crippen molar-refractivity contribution in [2.75, 3.05) is 17.2 Å². The molecule has 9 heteroatoms. The molecule has 0 aliphatic carbocycles. The summed E-state index contributed by atoms with van der Waals surface area (Å²) in [6, 6.07) is 4.04. The van der Waals surface area contributed by atoms with Crippen LogP contribution in [0.25, 0.3) is 11.0 Å². The predicted octanol–water partition coefficient (Wildman–Crippen LogP) is 2.15. The van der Waals surface area contributed by atoms with Crippen molar-refractivity contribution in [1.82, 2.24) is 29.8 Å². The first-order chi connectivity index (χ1) is 12.9. The lowest BCUT2D eigenvalue weighted by Crippen LogP contribution is -2.24. The van der Waals surface area contributed by atoms with Crippen molar-refractivity contribution in [3.63, 3.8) is 0 Å². The molecule has 0 bridgehead atoms. The lowest BCUT2D eigenvalue weighted by molar-refractivity contribution is -0.111. The van der Waals surface area contributed by atoms with Crippen molar-refractivity contribution in [2.24, 2.45) is 0 Å². The van der Waals surface area contributed by atoms with Crippen molar-refractivity contribution in [2.45, 2.75) is 39.3 Å². The Labute approximate surface area is 156 Å². The number of nitrogens with one attached hydrogen (secondary N) is 3. The number of aryl methyl sites for hydroxylation is 1. The van der Waals surface area contributed by atoms with Gasteiger partial charge in [-0.3, -0.25) is 4.79 Å². The van der Waals surface area contributed by atoms with Gasteiger partial charge in [0.1, 0.15) is 28.5 Å². The highest BCUT2D eigenvalue weighted by Crippen LogP contribution is 2.24. The molecule has 1 aliphatic rings. The van der Waals surface area contributed by atoms with Gasteiger partial charge in [0, 0.05) is 24.8 Å². The molecule has 1 fully saturated rings. The van der Waals surface area contributed by atoms with E-state index in [0.29, 0.717) is 30.2 Å². The van der Waals surface area contributed by atoms with Crippen LogP contribution in [0.5, 0.6) is 0 Å². The van der Waals surface area contributed by atoms with Gasteiger partial charge in [-0.15, -0.1) is 0 Å². The molecule has 0 aromatic carbocycles. The molecule has 1 amide bonds. The summed E-state index contributed by atoms with van der Waals surface area (Å²) < 4.78 is 2.18. The zero-order valence-electron chi connectivity index (χ0n) is 15.7. The molecule has 0 spiro atoms. The maximum atomic E-state index is 11.3. The minimum absolute atomic E-state index is 0.0267. The topological polar surface area (TPSA) is 120 Å². The van der Waals surface area contributed by atoms with Gasteiger partial charge in [-0.2, -0.15) is 4.98 Å². The van der Waals surface area contributed by atoms with Crippen LogP contribution in [0.1, 0.15) is 32.6 Å². The van der Waals surface area contributed by atoms with E-state index in [0.717, 1.165) is 16.9 Å². The molecule has 27 heavy (non-hydrogen) atoms. The van der Waals surface area contributed by atoms with Gasteiger partial charge in [0.2, 0.25) is 11.9 Å². The normalized spacial score (nSPS) is 18.6. The number of pyridine rings is 1. The molecule has 3 N–H and O–H groups in total. The molecule has 140 valence electrons. The molecular weight excluding hydrogens is 344 g/mol. The van der Waals surface area contributed by atoms with Crippen molar-refractivity contribution in [3.8, 4) is 0 Å². The Hall–Kier alpha value is -3.23. The van der Waals surface area contributed by atoms with E-state index in [1.165, 1.54) is 0 Å². The molecule has 1 unspecified atom stereocenters. The van der Waals surface area contributed by atoms with Gasteiger partial charge in [-0.1, -0.05) is 0 Å². The maximum Gasteiger partial charge on any atom is 0.248 e. The zero-order chi connectivity index (χ0) is 19.2. The fraction of sp³-hybridized carbons (Fsp3) is 0.389. The van der Waals surface area contributed by atoms with Gasteiger partial charge < -0.3 is 20.5 Å². The van der Waals surface area contributed by atoms with Crippen LogP contribution >= 0.6 is 0 Å². The van der Waals surface area contributed by atoms with Crippen LogP contribution in [0.4, 0.5) is 17.6 Å². The summed E-state index contributed by atoms with van der Waals surface area (Å²) in [5.74, 6) is 2.74. The van der Waals surface area contributed by atoms with Gasteiger partial charge >= 0.3 is 0 Å². The number of rotatable bonds is 6. The molecular formula is C18H22N8O. The number of anilines is 3. The van der Waals surface area contributed by atoms with Gasteiger partial charge in [-0.05, 0) is 33.8 Å². The van der Waals surface area contributed by atoms with Gasteiger partial charge in [0.15, 0.2) is 0 Å². The van der Waals surface area contributed by atoms with Crippen molar-refractivity contribution < 1.29 is 4.79 Å².